The molecular formula is C24H27FN2O8. The molecule has 3 aliphatic carbocycles. The number of amides is 1. The summed E-state index contributed by atoms with van der Waals surface area (Å²) in [5.74, 6) is -12.6. The number of primary amides is 1. The Labute approximate surface area is 199 Å². The lowest BCUT2D eigenvalue weighted by Gasteiger charge is -2.52. The van der Waals surface area contributed by atoms with Crippen LogP contribution in [0, 0.1) is 29.5 Å². The van der Waals surface area contributed by atoms with E-state index in [0.717, 1.165) is 6.07 Å². The van der Waals surface area contributed by atoms with Gasteiger partial charge in [-0.15, -0.1) is 0 Å². The minimum Gasteiger partial charge on any atom is -0.507 e. The number of aryl methyl sites for hydroxylation is 1. The largest absolute Gasteiger partial charge is 0.507 e. The Morgan fingerprint density at radius 1 is 1.23 bits per heavy atom. The Hall–Kier alpha value is -3.02. The zero-order valence-electron chi connectivity index (χ0n) is 19.3. The number of hydrogen-bond acceptors (Lipinski definition) is 9. The molecule has 0 bridgehead atoms. The highest BCUT2D eigenvalue weighted by Crippen LogP contribution is 2.51. The lowest BCUT2D eigenvalue weighted by Crippen LogP contribution is -2.74. The van der Waals surface area contributed by atoms with Gasteiger partial charge in [0.1, 0.15) is 11.6 Å². The Morgan fingerprint density at radius 3 is 2.46 bits per heavy atom. The number of hydrogen-bond donors (Lipinski definition) is 4. The van der Waals surface area contributed by atoms with E-state index in [2.05, 4.69) is 0 Å². The number of phenolic OH excluding ortho intramolecular Hbond substituents is 1. The normalized spacial score (nSPS) is 32.3. The van der Waals surface area contributed by atoms with Crippen LogP contribution in [-0.4, -0.2) is 81.6 Å². The molecule has 2 saturated carbocycles. The molecule has 1 aromatic carbocycles. The molecule has 1 amide bonds. The van der Waals surface area contributed by atoms with E-state index in [9.17, 15) is 34.2 Å². The van der Waals surface area contributed by atoms with Gasteiger partial charge in [0.25, 0.3) is 0 Å². The fraction of sp³-hybridized carbons (Fsp3) is 0.542. The van der Waals surface area contributed by atoms with Gasteiger partial charge >= 0.3 is 0 Å². The van der Waals surface area contributed by atoms with Gasteiger partial charge in [-0.2, -0.15) is 0 Å². The molecule has 6 atom stereocenters. The minimum atomic E-state index is -2.82. The number of aromatic hydroxyl groups is 1. The van der Waals surface area contributed by atoms with Crippen molar-refractivity contribution in [3.05, 3.63) is 28.6 Å². The quantitative estimate of drug-likeness (QED) is 0.375. The van der Waals surface area contributed by atoms with Crippen molar-refractivity contribution in [2.24, 2.45) is 29.4 Å². The van der Waals surface area contributed by atoms with Crippen LogP contribution in [0.25, 0.3) is 0 Å². The number of Topliss-reactive ketones (excluding diaryl/α,β-unsaturated/α-hetero) is 4. The summed E-state index contributed by atoms with van der Waals surface area (Å²) >= 11 is 0. The molecule has 0 spiro atoms. The van der Waals surface area contributed by atoms with Gasteiger partial charge in [-0.25, -0.2) is 4.39 Å². The first kappa shape index (κ1) is 25.1. The third-order valence-electron chi connectivity index (χ3n) is 7.69. The summed E-state index contributed by atoms with van der Waals surface area (Å²) < 4.78 is 15.0. The highest BCUT2D eigenvalue weighted by molar-refractivity contribution is 6.32. The Kier molecular flexibility index (Phi) is 6.15. The predicted molar refractivity (Wildman–Crippen MR) is 117 cm³/mol. The SMILES string of the molecule is CN(C)[C@@H]1C(=O)C(C(N)=O)C(=O)[C@@]2(O)C(=O)C3C(=O)c4c(O)c(CCCO)cc(F)c4C[C@H]3C[C@@H]12. The number of phenols is 1. The summed E-state index contributed by atoms with van der Waals surface area (Å²) in [7, 11) is 2.97. The number of rotatable bonds is 5. The fourth-order valence-corrected chi connectivity index (χ4v) is 6.14. The van der Waals surface area contributed by atoms with Crippen LogP contribution in [0.2, 0.25) is 0 Å². The summed E-state index contributed by atoms with van der Waals surface area (Å²) in [6, 6.07) is -0.123. The number of ketones is 4. The second-order valence-electron chi connectivity index (χ2n) is 9.84. The van der Waals surface area contributed by atoms with Gasteiger partial charge in [0.15, 0.2) is 34.7 Å². The van der Waals surface area contributed by atoms with E-state index < -0.39 is 75.9 Å². The number of nitrogens with zero attached hydrogens (tertiary/aromatic N) is 1. The van der Waals surface area contributed by atoms with Gasteiger partial charge < -0.3 is 21.1 Å². The molecule has 2 unspecified atom stereocenters. The van der Waals surface area contributed by atoms with Crippen LogP contribution in [0.4, 0.5) is 4.39 Å². The van der Waals surface area contributed by atoms with Crippen molar-refractivity contribution in [2.45, 2.75) is 37.3 Å². The Bertz CT molecular complexity index is 1160. The lowest BCUT2D eigenvalue weighted by molar-refractivity contribution is -0.181. The van der Waals surface area contributed by atoms with Crippen molar-refractivity contribution in [1.82, 2.24) is 4.90 Å². The van der Waals surface area contributed by atoms with Crippen LogP contribution in [0.15, 0.2) is 6.07 Å². The maximum absolute atomic E-state index is 15.0. The van der Waals surface area contributed by atoms with Gasteiger partial charge in [0, 0.05) is 18.1 Å². The molecule has 0 aromatic heterocycles. The van der Waals surface area contributed by atoms with E-state index in [1.54, 1.807) is 0 Å². The summed E-state index contributed by atoms with van der Waals surface area (Å²) in [6.07, 6.45) is 0.0104. The molecule has 4 rings (SSSR count). The van der Waals surface area contributed by atoms with Crippen LogP contribution in [0.5, 0.6) is 5.75 Å². The topological polar surface area (TPSA) is 175 Å². The first-order chi connectivity index (χ1) is 16.4. The molecule has 0 aliphatic heterocycles. The molecule has 188 valence electrons. The second-order valence-corrected chi connectivity index (χ2v) is 9.84. The van der Waals surface area contributed by atoms with E-state index in [1.807, 2.05) is 0 Å². The van der Waals surface area contributed by atoms with Gasteiger partial charge in [-0.05, 0) is 57.3 Å². The molecule has 11 heteroatoms. The minimum absolute atomic E-state index is 0.0791. The highest BCUT2D eigenvalue weighted by Gasteiger charge is 2.69. The molecule has 2 fully saturated rings. The zero-order chi connectivity index (χ0) is 26.0. The first-order valence-corrected chi connectivity index (χ1v) is 11.4. The van der Waals surface area contributed by atoms with Gasteiger partial charge in [0.2, 0.25) is 5.91 Å². The molecule has 0 saturated heterocycles. The van der Waals surface area contributed by atoms with E-state index in [0.29, 0.717) is 0 Å². The Balaban J connectivity index is 1.85. The number of carbonyl (C=O) groups excluding carboxylic acids is 5. The summed E-state index contributed by atoms with van der Waals surface area (Å²) in [5.41, 5.74) is 2.07. The molecule has 3 aliphatic rings. The number of fused-ring (bicyclic) bond motifs is 3. The Morgan fingerprint density at radius 2 is 1.89 bits per heavy atom. The first-order valence-electron chi connectivity index (χ1n) is 11.4. The molecule has 0 heterocycles. The van der Waals surface area contributed by atoms with Gasteiger partial charge in [0.05, 0.1) is 17.5 Å². The molecule has 35 heavy (non-hydrogen) atoms. The van der Waals surface area contributed by atoms with E-state index in [4.69, 9.17) is 10.8 Å². The zero-order valence-corrected chi connectivity index (χ0v) is 19.3. The van der Waals surface area contributed by atoms with Crippen molar-refractivity contribution >= 4 is 29.0 Å². The van der Waals surface area contributed by atoms with E-state index in [-0.39, 0.29) is 49.0 Å². The molecule has 5 N–H and O–H groups in total. The molecule has 10 nitrogen and oxygen atoms in total. The monoisotopic (exact) mass is 490 g/mol. The van der Waals surface area contributed by atoms with Crippen LogP contribution in [-0.2, 0) is 32.0 Å². The predicted octanol–water partition coefficient (Wildman–Crippen LogP) is -1.07. The number of benzene rings is 1. The number of aliphatic hydroxyl groups is 2. The highest BCUT2D eigenvalue weighted by atomic mass is 19.1. The number of carbonyl (C=O) groups is 5. The lowest BCUT2D eigenvalue weighted by atomic mass is 9.52. The summed E-state index contributed by atoms with van der Waals surface area (Å²) in [4.78, 5) is 66.7. The molecule has 0 radical (unpaired) electrons. The van der Waals surface area contributed by atoms with Crippen molar-refractivity contribution in [1.29, 1.82) is 0 Å². The summed E-state index contributed by atoms with van der Waals surface area (Å²) in [6.45, 7) is -0.224. The molecule has 1 aromatic rings. The summed E-state index contributed by atoms with van der Waals surface area (Å²) in [5, 5.41) is 31.3. The average Bonchev–Trinajstić information content (AvgIpc) is 2.77. The van der Waals surface area contributed by atoms with Crippen molar-refractivity contribution < 1.29 is 43.7 Å². The maximum atomic E-state index is 15.0. The third-order valence-corrected chi connectivity index (χ3v) is 7.69. The van der Waals surface area contributed by atoms with Crippen LogP contribution >= 0.6 is 0 Å². The van der Waals surface area contributed by atoms with Crippen molar-refractivity contribution in [2.75, 3.05) is 20.7 Å². The number of halogens is 1. The average molecular weight is 490 g/mol. The fourth-order valence-electron chi connectivity index (χ4n) is 6.14. The standard InChI is InChI=1S/C24H27FN2O8/c1-27(2)17-12-7-10-6-11-13(25)8-9(4-3-5-28)18(29)15(11)19(30)14(10)21(32)24(12,35)22(33)16(20(17)31)23(26)34/h8,10,12,14,16-17,28-29,35H,3-7H2,1-2H3,(H2,26,34)/t10-,12-,14?,16?,17-,24-/m0/s1. The molecular weight excluding hydrogens is 463 g/mol. The van der Waals surface area contributed by atoms with Gasteiger partial charge in [-0.3, -0.25) is 28.9 Å². The smallest absolute Gasteiger partial charge is 0.235 e. The second kappa shape index (κ2) is 8.58. The van der Waals surface area contributed by atoms with Crippen molar-refractivity contribution in [3.8, 4) is 5.75 Å². The van der Waals surface area contributed by atoms with Gasteiger partial charge in [-0.1, -0.05) is 0 Å². The number of aliphatic hydroxyl groups excluding tert-OH is 1. The van der Waals surface area contributed by atoms with Crippen LogP contribution in [0.1, 0.15) is 34.3 Å². The van der Waals surface area contributed by atoms with Crippen LogP contribution in [0.3, 0.4) is 0 Å². The number of likely N-dealkylation sites (N-methyl/N-ethyl adjacent to an activating group) is 1. The van der Waals surface area contributed by atoms with Crippen LogP contribution < -0.4 is 5.73 Å². The maximum Gasteiger partial charge on any atom is 0.235 e. The third kappa shape index (κ3) is 3.44. The number of nitrogens with two attached hydrogens (primary N) is 1. The van der Waals surface area contributed by atoms with E-state index >= 15 is 4.39 Å². The van der Waals surface area contributed by atoms with Crippen molar-refractivity contribution in [3.63, 3.8) is 0 Å². The van der Waals surface area contributed by atoms with E-state index in [1.165, 1.54) is 19.0 Å².